The Hall–Kier alpha value is -1.07. The van der Waals surface area contributed by atoms with E-state index in [4.69, 9.17) is 4.74 Å². The first kappa shape index (κ1) is 15.0. The summed E-state index contributed by atoms with van der Waals surface area (Å²) in [5.74, 6) is -0.259. The molecule has 1 rings (SSSR count). The standard InChI is InChI=1S/C13H18F3NO/c1-2-12(10-5-3-4-6-11(10)14)17-7-8-18-9-13(15)16/h3-6,12-13,17H,2,7-9H2,1H3. The lowest BCUT2D eigenvalue weighted by Crippen LogP contribution is -2.26. The van der Waals surface area contributed by atoms with Gasteiger partial charge in [-0.25, -0.2) is 13.2 Å². The van der Waals surface area contributed by atoms with E-state index in [1.807, 2.05) is 6.92 Å². The van der Waals surface area contributed by atoms with Crippen molar-refractivity contribution < 1.29 is 17.9 Å². The summed E-state index contributed by atoms with van der Waals surface area (Å²) in [5.41, 5.74) is 0.592. The van der Waals surface area contributed by atoms with Gasteiger partial charge in [-0.15, -0.1) is 0 Å². The molecule has 0 aromatic heterocycles. The molecular weight excluding hydrogens is 243 g/mol. The van der Waals surface area contributed by atoms with E-state index in [0.29, 0.717) is 12.1 Å². The van der Waals surface area contributed by atoms with Gasteiger partial charge < -0.3 is 10.1 Å². The first-order chi connectivity index (χ1) is 8.65. The molecule has 5 heteroatoms. The van der Waals surface area contributed by atoms with Crippen LogP contribution >= 0.6 is 0 Å². The molecule has 0 radical (unpaired) electrons. The zero-order chi connectivity index (χ0) is 13.4. The number of halogens is 3. The second-order valence-electron chi connectivity index (χ2n) is 3.90. The molecule has 0 spiro atoms. The average molecular weight is 261 g/mol. The van der Waals surface area contributed by atoms with Gasteiger partial charge in [0.05, 0.1) is 6.61 Å². The van der Waals surface area contributed by atoms with Gasteiger partial charge in [-0.3, -0.25) is 0 Å². The van der Waals surface area contributed by atoms with Gasteiger partial charge in [0, 0.05) is 18.2 Å². The van der Waals surface area contributed by atoms with E-state index in [1.54, 1.807) is 18.2 Å². The first-order valence-corrected chi connectivity index (χ1v) is 5.98. The van der Waals surface area contributed by atoms with Crippen LogP contribution in [0.4, 0.5) is 13.2 Å². The maximum atomic E-state index is 13.5. The third-order valence-electron chi connectivity index (χ3n) is 2.57. The van der Waals surface area contributed by atoms with Crippen LogP contribution in [0, 0.1) is 5.82 Å². The quantitative estimate of drug-likeness (QED) is 0.726. The third-order valence-corrected chi connectivity index (χ3v) is 2.57. The Balaban J connectivity index is 2.36. The van der Waals surface area contributed by atoms with Crippen molar-refractivity contribution in [1.29, 1.82) is 0 Å². The van der Waals surface area contributed by atoms with Crippen LogP contribution in [-0.2, 0) is 4.74 Å². The summed E-state index contributed by atoms with van der Waals surface area (Å²) in [6.07, 6.45) is -1.73. The zero-order valence-electron chi connectivity index (χ0n) is 10.3. The number of benzene rings is 1. The lowest BCUT2D eigenvalue weighted by atomic mass is 10.0. The highest BCUT2D eigenvalue weighted by atomic mass is 19.3. The van der Waals surface area contributed by atoms with Crippen molar-refractivity contribution in [3.05, 3.63) is 35.6 Å². The minimum atomic E-state index is -2.45. The SMILES string of the molecule is CCC(NCCOCC(F)F)c1ccccc1F. The molecule has 0 saturated carbocycles. The number of hydrogen-bond donors (Lipinski definition) is 1. The summed E-state index contributed by atoms with van der Waals surface area (Å²) in [7, 11) is 0. The lowest BCUT2D eigenvalue weighted by Gasteiger charge is -2.18. The minimum absolute atomic E-state index is 0.124. The van der Waals surface area contributed by atoms with E-state index in [2.05, 4.69) is 5.32 Å². The maximum absolute atomic E-state index is 13.5. The van der Waals surface area contributed by atoms with E-state index in [1.165, 1.54) is 6.07 Å². The summed E-state index contributed by atoms with van der Waals surface area (Å²) < 4.78 is 41.9. The molecule has 0 bridgehead atoms. The molecule has 1 unspecified atom stereocenters. The van der Waals surface area contributed by atoms with Crippen LogP contribution in [0.25, 0.3) is 0 Å². The summed E-state index contributed by atoms with van der Waals surface area (Å²) in [5, 5.41) is 3.09. The molecule has 0 aliphatic rings. The fraction of sp³-hybridized carbons (Fsp3) is 0.538. The van der Waals surface area contributed by atoms with Crippen LogP contribution in [0.2, 0.25) is 0 Å². The average Bonchev–Trinajstić information content (AvgIpc) is 2.35. The Morgan fingerprint density at radius 3 is 2.61 bits per heavy atom. The van der Waals surface area contributed by atoms with Gasteiger partial charge in [0.2, 0.25) is 0 Å². The normalized spacial score (nSPS) is 12.9. The van der Waals surface area contributed by atoms with Gasteiger partial charge in [-0.1, -0.05) is 25.1 Å². The molecule has 1 atom stereocenters. The van der Waals surface area contributed by atoms with E-state index < -0.39 is 13.0 Å². The first-order valence-electron chi connectivity index (χ1n) is 5.98. The van der Waals surface area contributed by atoms with Crippen molar-refractivity contribution in [1.82, 2.24) is 5.32 Å². The topological polar surface area (TPSA) is 21.3 Å². The van der Waals surface area contributed by atoms with Crippen molar-refractivity contribution in [2.24, 2.45) is 0 Å². The Bertz CT molecular complexity index is 347. The Labute approximate surface area is 105 Å². The molecule has 0 fully saturated rings. The molecule has 0 amide bonds. The van der Waals surface area contributed by atoms with Crippen LogP contribution < -0.4 is 5.32 Å². The van der Waals surface area contributed by atoms with Crippen molar-refractivity contribution in [2.75, 3.05) is 19.8 Å². The smallest absolute Gasteiger partial charge is 0.261 e. The van der Waals surface area contributed by atoms with Crippen molar-refractivity contribution in [2.45, 2.75) is 25.8 Å². The molecular formula is C13H18F3NO. The summed E-state index contributed by atoms with van der Waals surface area (Å²) in [4.78, 5) is 0. The Kier molecular flexibility index (Phi) is 6.75. The highest BCUT2D eigenvalue weighted by molar-refractivity contribution is 5.20. The number of alkyl halides is 2. The molecule has 0 heterocycles. The van der Waals surface area contributed by atoms with Gasteiger partial charge in [-0.05, 0) is 12.5 Å². The molecule has 18 heavy (non-hydrogen) atoms. The van der Waals surface area contributed by atoms with Crippen LogP contribution in [-0.4, -0.2) is 26.2 Å². The van der Waals surface area contributed by atoms with E-state index in [9.17, 15) is 13.2 Å². The number of nitrogens with one attached hydrogen (secondary N) is 1. The highest BCUT2D eigenvalue weighted by Gasteiger charge is 2.12. The zero-order valence-corrected chi connectivity index (χ0v) is 10.3. The van der Waals surface area contributed by atoms with Crippen molar-refractivity contribution in [3.8, 4) is 0 Å². The fourth-order valence-electron chi connectivity index (χ4n) is 1.71. The van der Waals surface area contributed by atoms with E-state index >= 15 is 0 Å². The second kappa shape index (κ2) is 8.11. The fourth-order valence-corrected chi connectivity index (χ4v) is 1.71. The van der Waals surface area contributed by atoms with Crippen LogP contribution in [0.1, 0.15) is 24.9 Å². The summed E-state index contributed by atoms with van der Waals surface area (Å²) >= 11 is 0. The highest BCUT2D eigenvalue weighted by Crippen LogP contribution is 2.19. The second-order valence-corrected chi connectivity index (χ2v) is 3.90. The van der Waals surface area contributed by atoms with Crippen LogP contribution in [0.5, 0.6) is 0 Å². The van der Waals surface area contributed by atoms with E-state index in [-0.39, 0.29) is 18.5 Å². The van der Waals surface area contributed by atoms with Gasteiger partial charge >= 0.3 is 0 Å². The van der Waals surface area contributed by atoms with Crippen LogP contribution in [0.15, 0.2) is 24.3 Å². The largest absolute Gasteiger partial charge is 0.374 e. The van der Waals surface area contributed by atoms with Gasteiger partial charge in [0.1, 0.15) is 12.4 Å². The van der Waals surface area contributed by atoms with Gasteiger partial charge in [0.15, 0.2) is 0 Å². The minimum Gasteiger partial charge on any atom is -0.374 e. The third kappa shape index (κ3) is 5.06. The monoisotopic (exact) mass is 261 g/mol. The van der Waals surface area contributed by atoms with Crippen molar-refractivity contribution >= 4 is 0 Å². The van der Waals surface area contributed by atoms with E-state index in [0.717, 1.165) is 6.42 Å². The molecule has 0 aliphatic heterocycles. The molecule has 1 aromatic carbocycles. The molecule has 0 aliphatic carbocycles. The maximum Gasteiger partial charge on any atom is 0.261 e. The molecule has 1 aromatic rings. The molecule has 2 nitrogen and oxygen atoms in total. The number of rotatable bonds is 8. The van der Waals surface area contributed by atoms with Crippen molar-refractivity contribution in [3.63, 3.8) is 0 Å². The number of ether oxygens (including phenoxy) is 1. The molecule has 102 valence electrons. The van der Waals surface area contributed by atoms with Gasteiger partial charge in [-0.2, -0.15) is 0 Å². The molecule has 0 saturated heterocycles. The molecule has 1 N–H and O–H groups in total. The predicted octanol–water partition coefficient (Wildman–Crippen LogP) is 3.15. The van der Waals surface area contributed by atoms with Crippen LogP contribution in [0.3, 0.4) is 0 Å². The summed E-state index contributed by atoms with van der Waals surface area (Å²) in [6, 6.07) is 6.41. The number of hydrogen-bond acceptors (Lipinski definition) is 2. The van der Waals surface area contributed by atoms with Gasteiger partial charge in [0.25, 0.3) is 6.43 Å². The Morgan fingerprint density at radius 1 is 1.28 bits per heavy atom. The predicted molar refractivity (Wildman–Crippen MR) is 64.3 cm³/mol. The Morgan fingerprint density at radius 2 is 2.00 bits per heavy atom. The lowest BCUT2D eigenvalue weighted by molar-refractivity contribution is 0.0181. The summed E-state index contributed by atoms with van der Waals surface area (Å²) in [6.45, 7) is 1.98.